The zero-order chi connectivity index (χ0) is 14.7. The van der Waals surface area contributed by atoms with Crippen molar-refractivity contribution in [3.8, 4) is 11.3 Å². The van der Waals surface area contributed by atoms with Crippen LogP contribution < -0.4 is 5.43 Å². The fourth-order valence-electron chi connectivity index (χ4n) is 1.75. The van der Waals surface area contributed by atoms with Crippen LogP contribution in [-0.2, 0) is 0 Å². The zero-order valence-electron chi connectivity index (χ0n) is 11.2. The van der Waals surface area contributed by atoms with E-state index in [1.807, 2.05) is 37.3 Å². The third-order valence-corrected chi connectivity index (χ3v) is 3.96. The van der Waals surface area contributed by atoms with Crippen molar-refractivity contribution in [1.82, 2.24) is 4.98 Å². The van der Waals surface area contributed by atoms with Gasteiger partial charge in [0.1, 0.15) is 15.8 Å². The molecule has 0 amide bonds. The summed E-state index contributed by atoms with van der Waals surface area (Å²) in [4.78, 5) is 4.46. The topological polar surface area (TPSA) is 50.4 Å². The van der Waals surface area contributed by atoms with Crippen molar-refractivity contribution in [3.05, 3.63) is 58.3 Å². The summed E-state index contributed by atoms with van der Waals surface area (Å²) >= 11 is 7.59. The molecule has 0 fully saturated rings. The first-order valence-electron chi connectivity index (χ1n) is 6.28. The number of hydrogen-bond acceptors (Lipinski definition) is 5. The van der Waals surface area contributed by atoms with Gasteiger partial charge in [0.2, 0.25) is 5.13 Å². The maximum Gasteiger partial charge on any atom is 0.205 e. The Hall–Kier alpha value is -2.11. The molecule has 2 aromatic heterocycles. The van der Waals surface area contributed by atoms with Crippen LogP contribution in [0, 0.1) is 6.92 Å². The van der Waals surface area contributed by atoms with Crippen molar-refractivity contribution in [2.45, 2.75) is 6.92 Å². The summed E-state index contributed by atoms with van der Waals surface area (Å²) in [5, 5.41) is 4.70. The highest BCUT2D eigenvalue weighted by Gasteiger charge is 2.10. The van der Waals surface area contributed by atoms with E-state index in [9.17, 15) is 0 Å². The Bertz CT molecular complexity index is 748. The molecule has 1 N–H and O–H groups in total. The van der Waals surface area contributed by atoms with Gasteiger partial charge in [0.15, 0.2) is 0 Å². The van der Waals surface area contributed by atoms with Crippen molar-refractivity contribution in [2.24, 2.45) is 5.10 Å². The molecule has 0 aliphatic heterocycles. The summed E-state index contributed by atoms with van der Waals surface area (Å²) < 4.78 is 5.78. The molecule has 0 radical (unpaired) electrons. The van der Waals surface area contributed by atoms with Crippen LogP contribution in [0.1, 0.15) is 11.3 Å². The normalized spacial score (nSPS) is 11.1. The molecule has 6 heteroatoms. The van der Waals surface area contributed by atoms with Gasteiger partial charge in [-0.25, -0.2) is 4.98 Å². The second-order valence-electron chi connectivity index (χ2n) is 4.39. The standard InChI is InChI=1S/C15H12ClN3OS/c1-10-4-6-11(7-5-10)13-14(16)21-15(18-13)19-17-9-12-3-2-8-20-12/h2-9H,1H3,(H,18,19)/b17-9-. The fraction of sp³-hybridized carbons (Fsp3) is 0.0667. The summed E-state index contributed by atoms with van der Waals surface area (Å²) in [6.45, 7) is 2.04. The minimum Gasteiger partial charge on any atom is -0.463 e. The van der Waals surface area contributed by atoms with E-state index < -0.39 is 0 Å². The molecule has 2 heterocycles. The molecule has 1 aromatic carbocycles. The number of halogens is 1. The molecule has 0 saturated carbocycles. The first-order valence-corrected chi connectivity index (χ1v) is 7.48. The van der Waals surface area contributed by atoms with Gasteiger partial charge in [0.25, 0.3) is 0 Å². The summed E-state index contributed by atoms with van der Waals surface area (Å²) in [7, 11) is 0. The zero-order valence-corrected chi connectivity index (χ0v) is 12.8. The molecule has 0 aliphatic rings. The molecule has 4 nitrogen and oxygen atoms in total. The lowest BCUT2D eigenvalue weighted by Gasteiger charge is -1.98. The number of aryl methyl sites for hydroxylation is 1. The average Bonchev–Trinajstić information content (AvgIpc) is 3.10. The Kier molecular flexibility index (Phi) is 4.03. The van der Waals surface area contributed by atoms with Gasteiger partial charge in [-0.1, -0.05) is 52.8 Å². The maximum atomic E-state index is 6.24. The number of rotatable bonds is 4. The Labute approximate surface area is 131 Å². The van der Waals surface area contributed by atoms with Crippen LogP contribution in [0.15, 0.2) is 52.2 Å². The first kappa shape index (κ1) is 13.9. The minimum absolute atomic E-state index is 0.634. The molecule has 21 heavy (non-hydrogen) atoms. The van der Waals surface area contributed by atoms with Gasteiger partial charge in [0.05, 0.1) is 12.5 Å². The molecule has 3 rings (SSSR count). The van der Waals surface area contributed by atoms with Gasteiger partial charge in [-0.15, -0.1) is 0 Å². The van der Waals surface area contributed by atoms with Gasteiger partial charge < -0.3 is 4.42 Å². The second-order valence-corrected chi connectivity index (χ2v) is 5.99. The second kappa shape index (κ2) is 6.11. The van der Waals surface area contributed by atoms with Gasteiger partial charge >= 0.3 is 0 Å². The van der Waals surface area contributed by atoms with E-state index in [1.165, 1.54) is 16.9 Å². The van der Waals surface area contributed by atoms with Crippen molar-refractivity contribution >= 4 is 34.3 Å². The predicted octanol–water partition coefficient (Wildman–Crippen LogP) is 4.81. The lowest BCUT2D eigenvalue weighted by atomic mass is 10.1. The highest BCUT2D eigenvalue weighted by molar-refractivity contribution is 7.20. The summed E-state index contributed by atoms with van der Waals surface area (Å²) in [5.41, 5.74) is 5.81. The van der Waals surface area contributed by atoms with Crippen LogP contribution in [0.25, 0.3) is 11.3 Å². The van der Waals surface area contributed by atoms with Crippen molar-refractivity contribution < 1.29 is 4.42 Å². The van der Waals surface area contributed by atoms with Gasteiger partial charge in [0, 0.05) is 5.56 Å². The average molecular weight is 318 g/mol. The van der Waals surface area contributed by atoms with Crippen LogP contribution in [0.5, 0.6) is 0 Å². The number of nitrogens with one attached hydrogen (secondary N) is 1. The van der Waals surface area contributed by atoms with E-state index >= 15 is 0 Å². The maximum absolute atomic E-state index is 6.24. The van der Waals surface area contributed by atoms with Crippen molar-refractivity contribution in [3.63, 3.8) is 0 Å². The quantitative estimate of drug-likeness (QED) is 0.555. The van der Waals surface area contributed by atoms with Crippen molar-refractivity contribution in [1.29, 1.82) is 0 Å². The third kappa shape index (κ3) is 3.32. The third-order valence-electron chi connectivity index (χ3n) is 2.81. The van der Waals surface area contributed by atoms with Crippen molar-refractivity contribution in [2.75, 3.05) is 5.43 Å². The number of aromatic nitrogens is 1. The number of thiazole rings is 1. The number of nitrogens with zero attached hydrogens (tertiary/aromatic N) is 2. The molecule has 0 atom stereocenters. The summed E-state index contributed by atoms with van der Waals surface area (Å²) in [6, 6.07) is 11.7. The van der Waals surface area contributed by atoms with E-state index in [4.69, 9.17) is 16.0 Å². The largest absolute Gasteiger partial charge is 0.463 e. The molecular formula is C15H12ClN3OS. The molecular weight excluding hydrogens is 306 g/mol. The Morgan fingerprint density at radius 3 is 2.81 bits per heavy atom. The number of benzene rings is 1. The predicted molar refractivity (Wildman–Crippen MR) is 87.2 cm³/mol. The monoisotopic (exact) mass is 317 g/mol. The SMILES string of the molecule is Cc1ccc(-c2nc(N/N=C\c3ccco3)sc2Cl)cc1. The summed E-state index contributed by atoms with van der Waals surface area (Å²) in [6.07, 6.45) is 3.18. The van der Waals surface area contributed by atoms with E-state index in [0.29, 0.717) is 15.2 Å². The van der Waals surface area contributed by atoms with Gasteiger partial charge in [-0.3, -0.25) is 5.43 Å². The van der Waals surface area contributed by atoms with E-state index in [0.717, 1.165) is 11.3 Å². The molecule has 0 saturated heterocycles. The highest BCUT2D eigenvalue weighted by Crippen LogP contribution is 2.35. The lowest BCUT2D eigenvalue weighted by molar-refractivity contribution is 0.560. The van der Waals surface area contributed by atoms with Crippen LogP contribution in [0.3, 0.4) is 0 Å². The van der Waals surface area contributed by atoms with E-state index in [-0.39, 0.29) is 0 Å². The Morgan fingerprint density at radius 2 is 2.10 bits per heavy atom. The molecule has 106 valence electrons. The van der Waals surface area contributed by atoms with Crippen LogP contribution in [0.2, 0.25) is 4.34 Å². The van der Waals surface area contributed by atoms with Crippen LogP contribution >= 0.6 is 22.9 Å². The molecule has 3 aromatic rings. The van der Waals surface area contributed by atoms with Crippen LogP contribution in [-0.4, -0.2) is 11.2 Å². The highest BCUT2D eigenvalue weighted by atomic mass is 35.5. The fourth-order valence-corrected chi connectivity index (χ4v) is 2.79. The molecule has 0 spiro atoms. The minimum atomic E-state index is 0.634. The van der Waals surface area contributed by atoms with E-state index in [2.05, 4.69) is 15.5 Å². The number of anilines is 1. The van der Waals surface area contributed by atoms with Crippen LogP contribution in [0.4, 0.5) is 5.13 Å². The molecule has 0 unspecified atom stereocenters. The first-order chi connectivity index (χ1) is 10.2. The lowest BCUT2D eigenvalue weighted by Crippen LogP contribution is -1.89. The Balaban J connectivity index is 1.76. The number of hydrazone groups is 1. The van der Waals surface area contributed by atoms with Gasteiger partial charge in [-0.05, 0) is 19.1 Å². The Morgan fingerprint density at radius 1 is 1.29 bits per heavy atom. The smallest absolute Gasteiger partial charge is 0.205 e. The summed E-state index contributed by atoms with van der Waals surface area (Å²) in [5.74, 6) is 0.670. The van der Waals surface area contributed by atoms with E-state index in [1.54, 1.807) is 18.5 Å². The number of hydrogen-bond donors (Lipinski definition) is 1. The van der Waals surface area contributed by atoms with Gasteiger partial charge in [-0.2, -0.15) is 5.10 Å². The number of furan rings is 1. The molecule has 0 bridgehead atoms. The molecule has 0 aliphatic carbocycles.